The largest absolute Gasteiger partial charge is 0.507 e. The number of carbonyl (C=O) groups excluding carboxylic acids is 2. The summed E-state index contributed by atoms with van der Waals surface area (Å²) >= 11 is 0. The summed E-state index contributed by atoms with van der Waals surface area (Å²) in [6.45, 7) is 0. The van der Waals surface area contributed by atoms with Crippen LogP contribution in [0.25, 0.3) is 0 Å². The van der Waals surface area contributed by atoms with E-state index in [4.69, 9.17) is 0 Å². The van der Waals surface area contributed by atoms with E-state index < -0.39 is 41.1 Å². The van der Waals surface area contributed by atoms with Gasteiger partial charge in [-0.1, -0.05) is 0 Å². The zero-order chi connectivity index (χ0) is 19.8. The maximum Gasteiger partial charge on any atom is 0.507 e. The SMILES string of the molecule is O=C(CCC(=O)c1ccc2c(c1)OC(F)(F)C(F)(F)O2)c1ccc(F)cc1. The van der Waals surface area contributed by atoms with E-state index in [0.717, 1.165) is 30.3 Å². The second kappa shape index (κ2) is 6.64. The van der Waals surface area contributed by atoms with Crippen LogP contribution in [0.2, 0.25) is 0 Å². The molecule has 2 aromatic carbocycles. The van der Waals surface area contributed by atoms with Crippen LogP contribution in [0.3, 0.4) is 0 Å². The molecule has 0 saturated carbocycles. The van der Waals surface area contributed by atoms with Gasteiger partial charge in [0.15, 0.2) is 23.1 Å². The van der Waals surface area contributed by atoms with Crippen LogP contribution in [0.4, 0.5) is 22.0 Å². The number of halogens is 5. The van der Waals surface area contributed by atoms with Crippen LogP contribution in [0.15, 0.2) is 42.5 Å². The number of benzene rings is 2. The van der Waals surface area contributed by atoms with Gasteiger partial charge in [-0.2, -0.15) is 17.6 Å². The zero-order valence-corrected chi connectivity index (χ0v) is 13.5. The third-order valence-electron chi connectivity index (χ3n) is 3.83. The van der Waals surface area contributed by atoms with Crippen molar-refractivity contribution in [2.24, 2.45) is 0 Å². The Bertz CT molecular complexity index is 893. The Balaban J connectivity index is 1.69. The molecule has 27 heavy (non-hydrogen) atoms. The predicted molar refractivity (Wildman–Crippen MR) is 81.9 cm³/mol. The summed E-state index contributed by atoms with van der Waals surface area (Å²) < 4.78 is 73.3. The van der Waals surface area contributed by atoms with Gasteiger partial charge in [-0.25, -0.2) is 4.39 Å². The van der Waals surface area contributed by atoms with Gasteiger partial charge in [0, 0.05) is 24.0 Å². The first-order valence-corrected chi connectivity index (χ1v) is 7.69. The molecule has 0 radical (unpaired) electrons. The standard InChI is InChI=1S/C18H11F5O4/c19-12-4-1-10(2-5-12)13(24)6-7-14(25)11-3-8-15-16(9-11)27-18(22,23)17(20,21)26-15/h1-5,8-9H,6-7H2. The van der Waals surface area contributed by atoms with Crippen LogP contribution in [-0.2, 0) is 0 Å². The van der Waals surface area contributed by atoms with Crippen LogP contribution in [0.5, 0.6) is 11.5 Å². The molecule has 1 heterocycles. The molecule has 0 amide bonds. The van der Waals surface area contributed by atoms with Crippen LogP contribution in [0.1, 0.15) is 33.6 Å². The van der Waals surface area contributed by atoms with Crippen molar-refractivity contribution in [2.75, 3.05) is 0 Å². The van der Waals surface area contributed by atoms with Gasteiger partial charge in [-0.15, -0.1) is 0 Å². The van der Waals surface area contributed by atoms with E-state index in [9.17, 15) is 31.5 Å². The molecule has 0 unspecified atom stereocenters. The Hall–Kier alpha value is -2.97. The number of rotatable bonds is 5. The Morgan fingerprint density at radius 3 is 1.81 bits per heavy atom. The second-order valence-corrected chi connectivity index (χ2v) is 5.75. The number of carbonyl (C=O) groups is 2. The Morgan fingerprint density at radius 2 is 1.22 bits per heavy atom. The molecule has 2 aromatic rings. The summed E-state index contributed by atoms with van der Waals surface area (Å²) in [7, 11) is 0. The van der Waals surface area contributed by atoms with Crippen molar-refractivity contribution in [2.45, 2.75) is 25.1 Å². The third kappa shape index (κ3) is 3.76. The molecular formula is C18H11F5O4. The van der Waals surface area contributed by atoms with Gasteiger partial charge in [0.25, 0.3) is 0 Å². The highest BCUT2D eigenvalue weighted by Crippen LogP contribution is 2.47. The smallest absolute Gasteiger partial charge is 0.421 e. The van der Waals surface area contributed by atoms with E-state index >= 15 is 0 Å². The van der Waals surface area contributed by atoms with E-state index in [2.05, 4.69) is 9.47 Å². The number of hydrogen-bond acceptors (Lipinski definition) is 4. The first kappa shape index (κ1) is 18.8. The number of fused-ring (bicyclic) bond motifs is 1. The quantitative estimate of drug-likeness (QED) is 0.556. The molecule has 1 aliphatic rings. The van der Waals surface area contributed by atoms with Gasteiger partial charge >= 0.3 is 12.2 Å². The van der Waals surface area contributed by atoms with Crippen molar-refractivity contribution in [1.29, 1.82) is 0 Å². The first-order chi connectivity index (χ1) is 12.6. The van der Waals surface area contributed by atoms with Crippen molar-refractivity contribution in [1.82, 2.24) is 0 Å². The molecule has 0 aliphatic carbocycles. The molecule has 0 aromatic heterocycles. The fourth-order valence-electron chi connectivity index (χ4n) is 2.39. The monoisotopic (exact) mass is 386 g/mol. The van der Waals surface area contributed by atoms with E-state index in [1.807, 2.05) is 0 Å². The molecule has 0 spiro atoms. The minimum absolute atomic E-state index is 0.106. The van der Waals surface area contributed by atoms with E-state index in [-0.39, 0.29) is 24.0 Å². The van der Waals surface area contributed by atoms with Crippen LogP contribution in [-0.4, -0.2) is 23.8 Å². The molecule has 0 atom stereocenters. The average molecular weight is 386 g/mol. The lowest BCUT2D eigenvalue weighted by Gasteiger charge is -2.31. The second-order valence-electron chi connectivity index (χ2n) is 5.75. The Morgan fingerprint density at radius 1 is 0.741 bits per heavy atom. The lowest BCUT2D eigenvalue weighted by molar-refractivity contribution is -0.391. The molecule has 0 N–H and O–H groups in total. The number of ether oxygens (including phenoxy) is 2. The van der Waals surface area contributed by atoms with E-state index in [1.54, 1.807) is 0 Å². The van der Waals surface area contributed by atoms with Crippen LogP contribution < -0.4 is 9.47 Å². The molecule has 9 heteroatoms. The number of Topliss-reactive ketones (excluding diaryl/α,β-unsaturated/α-hetero) is 2. The maximum atomic E-state index is 13.2. The lowest BCUT2D eigenvalue weighted by atomic mass is 10.0. The van der Waals surface area contributed by atoms with Crippen molar-refractivity contribution in [3.63, 3.8) is 0 Å². The topological polar surface area (TPSA) is 52.6 Å². The van der Waals surface area contributed by atoms with Crippen LogP contribution in [0, 0.1) is 5.82 Å². The van der Waals surface area contributed by atoms with E-state index in [1.165, 1.54) is 12.1 Å². The predicted octanol–water partition coefficient (Wildman–Crippen LogP) is 4.63. The molecule has 1 aliphatic heterocycles. The zero-order valence-electron chi connectivity index (χ0n) is 13.5. The summed E-state index contributed by atoms with van der Waals surface area (Å²) in [6.07, 6.45) is -10.2. The molecule has 3 rings (SSSR count). The maximum absolute atomic E-state index is 13.2. The van der Waals surface area contributed by atoms with Gasteiger partial charge in [0.05, 0.1) is 0 Å². The normalized spacial score (nSPS) is 16.6. The minimum Gasteiger partial charge on any atom is -0.421 e. The third-order valence-corrected chi connectivity index (χ3v) is 3.83. The Kier molecular flexibility index (Phi) is 4.63. The number of alkyl halides is 4. The fraction of sp³-hybridized carbons (Fsp3) is 0.222. The van der Waals surface area contributed by atoms with Crippen molar-refractivity contribution >= 4 is 11.6 Å². The summed E-state index contributed by atoms with van der Waals surface area (Å²) in [5.74, 6) is -2.85. The van der Waals surface area contributed by atoms with Crippen molar-refractivity contribution < 1.29 is 41.0 Å². The number of ketones is 2. The highest BCUT2D eigenvalue weighted by molar-refractivity contribution is 6.02. The summed E-state index contributed by atoms with van der Waals surface area (Å²) in [4.78, 5) is 24.1. The molecular weight excluding hydrogens is 375 g/mol. The molecule has 0 bridgehead atoms. The van der Waals surface area contributed by atoms with Gasteiger partial charge in [-0.3, -0.25) is 9.59 Å². The summed E-state index contributed by atoms with van der Waals surface area (Å²) in [6, 6.07) is 7.61. The van der Waals surface area contributed by atoms with Gasteiger partial charge in [0.1, 0.15) is 5.82 Å². The molecule has 4 nitrogen and oxygen atoms in total. The van der Waals surface area contributed by atoms with E-state index in [0.29, 0.717) is 0 Å². The van der Waals surface area contributed by atoms with Crippen molar-refractivity contribution in [3.05, 3.63) is 59.4 Å². The van der Waals surface area contributed by atoms with Gasteiger partial charge in [-0.05, 0) is 42.5 Å². The van der Waals surface area contributed by atoms with Crippen LogP contribution >= 0.6 is 0 Å². The highest BCUT2D eigenvalue weighted by Gasteiger charge is 2.65. The minimum atomic E-state index is -4.89. The lowest BCUT2D eigenvalue weighted by Crippen LogP contribution is -2.52. The summed E-state index contributed by atoms with van der Waals surface area (Å²) in [5.41, 5.74) is 0.110. The van der Waals surface area contributed by atoms with Crippen molar-refractivity contribution in [3.8, 4) is 11.5 Å². The molecule has 0 saturated heterocycles. The Labute approximate surface area is 149 Å². The molecule has 0 fully saturated rings. The summed E-state index contributed by atoms with van der Waals surface area (Å²) in [5, 5.41) is 0. The highest BCUT2D eigenvalue weighted by atomic mass is 19.3. The van der Waals surface area contributed by atoms with Gasteiger partial charge in [0.2, 0.25) is 0 Å². The average Bonchev–Trinajstić information content (AvgIpc) is 2.60. The first-order valence-electron chi connectivity index (χ1n) is 7.69. The fourth-order valence-corrected chi connectivity index (χ4v) is 2.39. The number of hydrogen-bond donors (Lipinski definition) is 0. The molecule has 142 valence electrons. The van der Waals surface area contributed by atoms with Gasteiger partial charge < -0.3 is 9.47 Å².